The van der Waals surface area contributed by atoms with Crippen LogP contribution in [0.1, 0.15) is 52.9 Å². The van der Waals surface area contributed by atoms with Crippen molar-refractivity contribution >= 4 is 29.9 Å². The molecule has 0 aliphatic carbocycles. The Morgan fingerprint density at radius 3 is 2.52 bits per heavy atom. The van der Waals surface area contributed by atoms with Crippen LogP contribution in [0.2, 0.25) is 0 Å². The molecule has 3 unspecified atom stereocenters. The average molecular weight is 466 g/mol. The maximum absolute atomic E-state index is 5.81. The minimum Gasteiger partial charge on any atom is -0.373 e. The molecule has 0 aromatic rings. The van der Waals surface area contributed by atoms with Crippen molar-refractivity contribution in [2.24, 2.45) is 16.8 Å². The lowest BCUT2D eigenvalue weighted by Gasteiger charge is -2.35. The number of rotatable bonds is 7. The molecule has 2 rings (SSSR count). The lowest BCUT2D eigenvalue weighted by molar-refractivity contribution is 0.0243. The van der Waals surface area contributed by atoms with E-state index in [9.17, 15) is 0 Å². The molecule has 2 aliphatic rings. The minimum atomic E-state index is -0.0285. The Balaban J connectivity index is 0.00000312. The summed E-state index contributed by atoms with van der Waals surface area (Å²) in [4.78, 5) is 6.96. The van der Waals surface area contributed by atoms with E-state index in [0.29, 0.717) is 0 Å². The third kappa shape index (κ3) is 8.43. The van der Waals surface area contributed by atoms with Crippen molar-refractivity contribution in [1.82, 2.24) is 15.5 Å². The van der Waals surface area contributed by atoms with Crippen molar-refractivity contribution in [2.75, 3.05) is 46.4 Å². The SMILES string of the molecule is CN=C(NCCCCN1CC(C)CC(C)C1)NCC1(C)CCCO1.I. The first-order chi connectivity index (χ1) is 11.5. The molecule has 0 spiro atoms. The van der Waals surface area contributed by atoms with Crippen LogP contribution in [-0.2, 0) is 4.74 Å². The number of hydrogen-bond donors (Lipinski definition) is 2. The largest absolute Gasteiger partial charge is 0.373 e. The van der Waals surface area contributed by atoms with Crippen LogP contribution in [0.4, 0.5) is 0 Å². The van der Waals surface area contributed by atoms with E-state index in [2.05, 4.69) is 41.3 Å². The Hall–Kier alpha value is -0.0800. The fourth-order valence-corrected chi connectivity index (χ4v) is 4.11. The summed E-state index contributed by atoms with van der Waals surface area (Å²) in [5.41, 5.74) is -0.0285. The molecule has 6 heteroatoms. The third-order valence-corrected chi connectivity index (χ3v) is 5.29. The van der Waals surface area contributed by atoms with Crippen LogP contribution >= 0.6 is 24.0 Å². The van der Waals surface area contributed by atoms with Gasteiger partial charge in [0.1, 0.15) is 0 Å². The van der Waals surface area contributed by atoms with E-state index in [1.54, 1.807) is 0 Å². The number of likely N-dealkylation sites (tertiary alicyclic amines) is 1. The maximum Gasteiger partial charge on any atom is 0.191 e. The normalized spacial score (nSPS) is 30.8. The Morgan fingerprint density at radius 2 is 1.92 bits per heavy atom. The van der Waals surface area contributed by atoms with Gasteiger partial charge in [-0.3, -0.25) is 4.99 Å². The summed E-state index contributed by atoms with van der Waals surface area (Å²) < 4.78 is 5.81. The molecule has 2 aliphatic heterocycles. The van der Waals surface area contributed by atoms with Gasteiger partial charge in [0.2, 0.25) is 0 Å². The molecule has 0 radical (unpaired) electrons. The number of guanidine groups is 1. The van der Waals surface area contributed by atoms with Gasteiger partial charge in [0.15, 0.2) is 5.96 Å². The Morgan fingerprint density at radius 1 is 1.20 bits per heavy atom. The van der Waals surface area contributed by atoms with E-state index in [-0.39, 0.29) is 29.6 Å². The molecule has 0 bridgehead atoms. The molecule has 2 heterocycles. The summed E-state index contributed by atoms with van der Waals surface area (Å²) in [5.74, 6) is 2.61. The highest BCUT2D eigenvalue weighted by Gasteiger charge is 2.29. The molecule has 0 aromatic carbocycles. The zero-order chi connectivity index (χ0) is 17.4. The van der Waals surface area contributed by atoms with E-state index in [1.807, 2.05) is 7.05 Å². The first kappa shape index (κ1) is 23.0. The molecule has 148 valence electrons. The first-order valence-corrected chi connectivity index (χ1v) is 9.81. The molecule has 5 nitrogen and oxygen atoms in total. The van der Waals surface area contributed by atoms with Crippen LogP contribution in [-0.4, -0.2) is 62.8 Å². The molecule has 25 heavy (non-hydrogen) atoms. The van der Waals surface area contributed by atoms with Gasteiger partial charge in [-0.1, -0.05) is 13.8 Å². The van der Waals surface area contributed by atoms with Crippen molar-refractivity contribution in [3.8, 4) is 0 Å². The van der Waals surface area contributed by atoms with E-state index in [4.69, 9.17) is 4.74 Å². The minimum absolute atomic E-state index is 0. The Kier molecular flexibility index (Phi) is 10.6. The van der Waals surface area contributed by atoms with Crippen molar-refractivity contribution in [1.29, 1.82) is 0 Å². The lowest BCUT2D eigenvalue weighted by atomic mass is 9.92. The molecule has 2 fully saturated rings. The second-order valence-electron chi connectivity index (χ2n) is 8.17. The van der Waals surface area contributed by atoms with Crippen LogP contribution in [0.15, 0.2) is 4.99 Å². The monoisotopic (exact) mass is 466 g/mol. The zero-order valence-electron chi connectivity index (χ0n) is 16.6. The van der Waals surface area contributed by atoms with Gasteiger partial charge in [0.05, 0.1) is 5.60 Å². The number of halogens is 1. The zero-order valence-corrected chi connectivity index (χ0v) is 19.0. The second kappa shape index (κ2) is 11.6. The lowest BCUT2D eigenvalue weighted by Crippen LogP contribution is -2.45. The van der Waals surface area contributed by atoms with Crippen molar-refractivity contribution in [3.63, 3.8) is 0 Å². The molecule has 0 amide bonds. The highest BCUT2D eigenvalue weighted by atomic mass is 127. The van der Waals surface area contributed by atoms with Crippen LogP contribution in [0.3, 0.4) is 0 Å². The molecule has 2 N–H and O–H groups in total. The number of nitrogens with zero attached hydrogens (tertiary/aromatic N) is 2. The summed E-state index contributed by atoms with van der Waals surface area (Å²) in [5, 5.41) is 6.84. The summed E-state index contributed by atoms with van der Waals surface area (Å²) in [6.45, 7) is 13.4. The van der Waals surface area contributed by atoms with Crippen molar-refractivity contribution in [2.45, 2.75) is 58.5 Å². The molecule has 3 atom stereocenters. The van der Waals surface area contributed by atoms with Crippen LogP contribution in [0, 0.1) is 11.8 Å². The maximum atomic E-state index is 5.81. The first-order valence-electron chi connectivity index (χ1n) is 9.81. The highest BCUT2D eigenvalue weighted by Crippen LogP contribution is 2.23. The molecular formula is C19H39IN4O. The second-order valence-corrected chi connectivity index (χ2v) is 8.17. The number of piperidine rings is 1. The highest BCUT2D eigenvalue weighted by molar-refractivity contribution is 14.0. The number of aliphatic imine (C=N–C) groups is 1. The quantitative estimate of drug-likeness (QED) is 0.262. The smallest absolute Gasteiger partial charge is 0.191 e. The fraction of sp³-hybridized carbons (Fsp3) is 0.947. The third-order valence-electron chi connectivity index (χ3n) is 5.29. The van der Waals surface area contributed by atoms with Gasteiger partial charge >= 0.3 is 0 Å². The average Bonchev–Trinajstić information content (AvgIpc) is 2.96. The molecular weight excluding hydrogens is 427 g/mol. The summed E-state index contributed by atoms with van der Waals surface area (Å²) in [6.07, 6.45) is 6.13. The summed E-state index contributed by atoms with van der Waals surface area (Å²) in [6, 6.07) is 0. The van der Waals surface area contributed by atoms with Crippen LogP contribution < -0.4 is 10.6 Å². The molecule has 2 saturated heterocycles. The number of ether oxygens (including phenoxy) is 1. The number of unbranched alkanes of at least 4 members (excludes halogenated alkanes) is 1. The fourth-order valence-electron chi connectivity index (χ4n) is 4.11. The van der Waals surface area contributed by atoms with Gasteiger partial charge in [-0.25, -0.2) is 0 Å². The predicted octanol–water partition coefficient (Wildman–Crippen LogP) is 3.10. The van der Waals surface area contributed by atoms with Gasteiger partial charge in [0, 0.05) is 39.8 Å². The van der Waals surface area contributed by atoms with Crippen LogP contribution in [0.25, 0.3) is 0 Å². The summed E-state index contributed by atoms with van der Waals surface area (Å²) >= 11 is 0. The van der Waals surface area contributed by atoms with Gasteiger partial charge < -0.3 is 20.3 Å². The predicted molar refractivity (Wildman–Crippen MR) is 117 cm³/mol. The van der Waals surface area contributed by atoms with Crippen LogP contribution in [0.5, 0.6) is 0 Å². The van der Waals surface area contributed by atoms with E-state index in [1.165, 1.54) is 38.9 Å². The van der Waals surface area contributed by atoms with E-state index in [0.717, 1.165) is 50.3 Å². The summed E-state index contributed by atoms with van der Waals surface area (Å²) in [7, 11) is 1.84. The van der Waals surface area contributed by atoms with Gasteiger partial charge in [-0.2, -0.15) is 0 Å². The standard InChI is InChI=1S/C19H38N4O.HI/c1-16-12-17(2)14-23(13-16)10-6-5-9-21-18(20-4)22-15-19(3)8-7-11-24-19;/h16-17H,5-15H2,1-4H3,(H2,20,21,22);1H. The Labute approximate surface area is 171 Å². The topological polar surface area (TPSA) is 48.9 Å². The molecule has 0 aromatic heterocycles. The van der Waals surface area contributed by atoms with Gasteiger partial charge in [-0.05, 0) is 57.4 Å². The van der Waals surface area contributed by atoms with Crippen molar-refractivity contribution in [3.05, 3.63) is 0 Å². The Bertz CT molecular complexity index is 389. The van der Waals surface area contributed by atoms with Crippen molar-refractivity contribution < 1.29 is 4.74 Å². The number of nitrogens with one attached hydrogen (secondary N) is 2. The number of hydrogen-bond acceptors (Lipinski definition) is 3. The van der Waals surface area contributed by atoms with E-state index < -0.39 is 0 Å². The van der Waals surface area contributed by atoms with Gasteiger partial charge in [-0.15, -0.1) is 24.0 Å². The molecule has 0 saturated carbocycles. The van der Waals surface area contributed by atoms with Gasteiger partial charge in [0.25, 0.3) is 0 Å². The van der Waals surface area contributed by atoms with E-state index >= 15 is 0 Å².